The number of sulfone groups is 1. The summed E-state index contributed by atoms with van der Waals surface area (Å²) in [6, 6.07) is 10.7. The van der Waals surface area contributed by atoms with E-state index in [0.29, 0.717) is 12.4 Å². The Labute approximate surface area is 154 Å². The monoisotopic (exact) mass is 373 g/mol. The molecule has 7 heteroatoms. The number of carbonyl (C=O) groups excluding carboxylic acids is 1. The van der Waals surface area contributed by atoms with E-state index in [0.717, 1.165) is 43.2 Å². The van der Waals surface area contributed by atoms with Gasteiger partial charge in [0.1, 0.15) is 10.7 Å². The lowest BCUT2D eigenvalue weighted by molar-refractivity contribution is -0.119. The van der Waals surface area contributed by atoms with Crippen molar-refractivity contribution < 1.29 is 13.2 Å². The molecule has 1 aliphatic carbocycles. The van der Waals surface area contributed by atoms with Crippen LogP contribution >= 0.6 is 0 Å². The van der Waals surface area contributed by atoms with Crippen LogP contribution in [0.5, 0.6) is 0 Å². The molecule has 1 fully saturated rings. The summed E-state index contributed by atoms with van der Waals surface area (Å²) in [6.45, 7) is 0.409. The van der Waals surface area contributed by atoms with Crippen molar-refractivity contribution in [2.75, 3.05) is 16.9 Å². The molecule has 0 bridgehead atoms. The van der Waals surface area contributed by atoms with E-state index >= 15 is 0 Å². The fourth-order valence-electron chi connectivity index (χ4n) is 3.20. The summed E-state index contributed by atoms with van der Waals surface area (Å²) in [5.41, 5.74) is 1.69. The number of hydrogen-bond donors (Lipinski definition) is 2. The van der Waals surface area contributed by atoms with Crippen molar-refractivity contribution in [3.8, 4) is 0 Å². The molecule has 1 aromatic carbocycles. The molecule has 3 rings (SSSR count). The summed E-state index contributed by atoms with van der Waals surface area (Å²) >= 11 is 0. The number of nitrogens with zero attached hydrogens (tertiary/aromatic N) is 1. The standard InChI is InChI=1S/C19H23N3O3S/c1-26(24,25)17-10-5-11-20-18(17)21-13-14-6-4-9-16(12-14)22-19(23)15-7-2-3-8-15/h4-6,9-12,15H,2-3,7-8,13H2,1H3,(H,20,21)(H,22,23). The average molecular weight is 373 g/mol. The Morgan fingerprint density at radius 1 is 1.19 bits per heavy atom. The molecule has 1 heterocycles. The number of amides is 1. The Morgan fingerprint density at radius 3 is 2.69 bits per heavy atom. The number of benzene rings is 1. The van der Waals surface area contributed by atoms with Gasteiger partial charge in [-0.2, -0.15) is 0 Å². The minimum Gasteiger partial charge on any atom is -0.365 e. The maximum absolute atomic E-state index is 12.3. The van der Waals surface area contributed by atoms with Gasteiger partial charge in [-0.3, -0.25) is 4.79 Å². The zero-order chi connectivity index (χ0) is 18.6. The second-order valence-electron chi connectivity index (χ2n) is 6.65. The summed E-state index contributed by atoms with van der Waals surface area (Å²) in [7, 11) is -3.35. The van der Waals surface area contributed by atoms with Crippen molar-refractivity contribution in [1.29, 1.82) is 0 Å². The minimum absolute atomic E-state index is 0.0803. The summed E-state index contributed by atoms with van der Waals surface area (Å²) in [5.74, 6) is 0.523. The lowest BCUT2D eigenvalue weighted by atomic mass is 10.1. The lowest BCUT2D eigenvalue weighted by Crippen LogP contribution is -2.20. The summed E-state index contributed by atoms with van der Waals surface area (Å²) in [6.07, 6.45) is 6.87. The van der Waals surface area contributed by atoms with Crippen LogP contribution in [0.25, 0.3) is 0 Å². The van der Waals surface area contributed by atoms with Crippen molar-refractivity contribution in [2.24, 2.45) is 5.92 Å². The van der Waals surface area contributed by atoms with Gasteiger partial charge in [-0.15, -0.1) is 0 Å². The van der Waals surface area contributed by atoms with Crippen molar-refractivity contribution >= 4 is 27.2 Å². The summed E-state index contributed by atoms with van der Waals surface area (Å²) in [4.78, 5) is 16.6. The number of aromatic nitrogens is 1. The SMILES string of the molecule is CS(=O)(=O)c1cccnc1NCc1cccc(NC(=O)C2CCCC2)c1. The molecule has 6 nitrogen and oxygen atoms in total. The Balaban J connectivity index is 1.67. The molecule has 1 aromatic heterocycles. The predicted octanol–water partition coefficient (Wildman–Crippen LogP) is 3.23. The van der Waals surface area contributed by atoms with Crippen LogP contribution in [0.1, 0.15) is 31.2 Å². The third-order valence-corrected chi connectivity index (χ3v) is 5.68. The molecule has 2 N–H and O–H groups in total. The maximum Gasteiger partial charge on any atom is 0.227 e. The number of pyridine rings is 1. The molecule has 0 aliphatic heterocycles. The molecule has 1 aliphatic rings. The first-order valence-corrected chi connectivity index (χ1v) is 10.6. The van der Waals surface area contributed by atoms with E-state index < -0.39 is 9.84 Å². The van der Waals surface area contributed by atoms with Crippen LogP contribution in [0.15, 0.2) is 47.5 Å². The van der Waals surface area contributed by atoms with E-state index in [4.69, 9.17) is 0 Å². The largest absolute Gasteiger partial charge is 0.365 e. The number of nitrogens with one attached hydrogen (secondary N) is 2. The quantitative estimate of drug-likeness (QED) is 0.812. The molecule has 0 radical (unpaired) electrons. The van der Waals surface area contributed by atoms with Crippen LogP contribution in [0.3, 0.4) is 0 Å². The number of carbonyl (C=O) groups is 1. The van der Waals surface area contributed by atoms with Crippen LogP contribution in [0.4, 0.5) is 11.5 Å². The molecular formula is C19H23N3O3S. The third-order valence-electron chi connectivity index (χ3n) is 4.55. The zero-order valence-corrected chi connectivity index (χ0v) is 15.6. The van der Waals surface area contributed by atoms with Crippen LogP contribution in [0, 0.1) is 5.92 Å². The van der Waals surface area contributed by atoms with Gasteiger partial charge in [0, 0.05) is 30.6 Å². The van der Waals surface area contributed by atoms with Crippen LogP contribution in [-0.2, 0) is 21.2 Å². The van der Waals surface area contributed by atoms with Crippen LogP contribution in [0.2, 0.25) is 0 Å². The van der Waals surface area contributed by atoms with Gasteiger partial charge in [0.15, 0.2) is 9.84 Å². The molecule has 0 spiro atoms. The Bertz CT molecular complexity index is 890. The van der Waals surface area contributed by atoms with E-state index in [1.165, 1.54) is 6.07 Å². The van der Waals surface area contributed by atoms with Gasteiger partial charge in [-0.05, 0) is 42.7 Å². The lowest BCUT2D eigenvalue weighted by Gasteiger charge is -2.13. The van der Waals surface area contributed by atoms with E-state index in [1.54, 1.807) is 12.3 Å². The minimum atomic E-state index is -3.35. The zero-order valence-electron chi connectivity index (χ0n) is 14.7. The molecule has 1 amide bonds. The molecule has 1 saturated carbocycles. The first-order chi connectivity index (χ1) is 12.4. The highest BCUT2D eigenvalue weighted by Gasteiger charge is 2.22. The molecule has 26 heavy (non-hydrogen) atoms. The number of anilines is 2. The fourth-order valence-corrected chi connectivity index (χ4v) is 4.00. The topological polar surface area (TPSA) is 88.2 Å². The average Bonchev–Trinajstić information content (AvgIpc) is 3.14. The second-order valence-corrected chi connectivity index (χ2v) is 8.63. The normalized spacial score (nSPS) is 15.0. The third kappa shape index (κ3) is 4.60. The van der Waals surface area contributed by atoms with Crippen molar-refractivity contribution in [3.63, 3.8) is 0 Å². The Hall–Kier alpha value is -2.41. The molecule has 138 valence electrons. The molecule has 0 atom stereocenters. The van der Waals surface area contributed by atoms with Gasteiger partial charge < -0.3 is 10.6 Å². The summed E-state index contributed by atoms with van der Waals surface area (Å²) in [5, 5.41) is 6.05. The number of hydrogen-bond acceptors (Lipinski definition) is 5. The first-order valence-electron chi connectivity index (χ1n) is 8.72. The van der Waals surface area contributed by atoms with E-state index in [1.807, 2.05) is 24.3 Å². The van der Waals surface area contributed by atoms with Gasteiger partial charge in [0.2, 0.25) is 5.91 Å². The summed E-state index contributed by atoms with van der Waals surface area (Å²) < 4.78 is 23.7. The highest BCUT2D eigenvalue weighted by atomic mass is 32.2. The van der Waals surface area contributed by atoms with E-state index in [9.17, 15) is 13.2 Å². The first kappa shape index (κ1) is 18.4. The van der Waals surface area contributed by atoms with Crippen molar-refractivity contribution in [1.82, 2.24) is 4.98 Å². The van der Waals surface area contributed by atoms with Gasteiger partial charge >= 0.3 is 0 Å². The van der Waals surface area contributed by atoms with Crippen LogP contribution < -0.4 is 10.6 Å². The number of rotatable bonds is 6. The van der Waals surface area contributed by atoms with Gasteiger partial charge in [-0.25, -0.2) is 13.4 Å². The van der Waals surface area contributed by atoms with Gasteiger partial charge in [0.25, 0.3) is 0 Å². The van der Waals surface area contributed by atoms with Gasteiger partial charge in [-0.1, -0.05) is 25.0 Å². The highest BCUT2D eigenvalue weighted by molar-refractivity contribution is 7.90. The predicted molar refractivity (Wildman–Crippen MR) is 102 cm³/mol. The maximum atomic E-state index is 12.3. The van der Waals surface area contributed by atoms with Gasteiger partial charge in [0.05, 0.1) is 0 Å². The highest BCUT2D eigenvalue weighted by Crippen LogP contribution is 2.26. The molecule has 0 unspecified atom stereocenters. The second kappa shape index (κ2) is 7.86. The smallest absolute Gasteiger partial charge is 0.227 e. The van der Waals surface area contributed by atoms with Crippen molar-refractivity contribution in [2.45, 2.75) is 37.1 Å². The Morgan fingerprint density at radius 2 is 1.96 bits per heavy atom. The molecule has 0 saturated heterocycles. The molecular weight excluding hydrogens is 350 g/mol. The molecule has 2 aromatic rings. The Kier molecular flexibility index (Phi) is 5.56. The van der Waals surface area contributed by atoms with Crippen molar-refractivity contribution in [3.05, 3.63) is 48.2 Å². The van der Waals surface area contributed by atoms with E-state index in [-0.39, 0.29) is 16.7 Å². The van der Waals surface area contributed by atoms with Crippen LogP contribution in [-0.4, -0.2) is 25.6 Å². The van der Waals surface area contributed by atoms with E-state index in [2.05, 4.69) is 15.6 Å². The fraction of sp³-hybridized carbons (Fsp3) is 0.368.